The first-order chi connectivity index (χ1) is 6.83. The Morgan fingerprint density at radius 3 is 2.60 bits per heavy atom. The molecule has 0 fully saturated rings. The van der Waals surface area contributed by atoms with E-state index >= 15 is 0 Å². The van der Waals surface area contributed by atoms with Crippen LogP contribution in [0.15, 0.2) is 9.00 Å². The molecule has 86 valence electrons. The highest BCUT2D eigenvalue weighted by molar-refractivity contribution is 7.91. The summed E-state index contributed by atoms with van der Waals surface area (Å²) in [6, 6.07) is -0.268. The lowest BCUT2D eigenvalue weighted by Crippen LogP contribution is -2.35. The van der Waals surface area contributed by atoms with Gasteiger partial charge in [0.1, 0.15) is 0 Å². The predicted octanol–water partition coefficient (Wildman–Crippen LogP) is -0.630. The van der Waals surface area contributed by atoms with Crippen molar-refractivity contribution in [2.45, 2.75) is 24.1 Å². The second-order valence-electron chi connectivity index (χ2n) is 3.26. The van der Waals surface area contributed by atoms with Crippen molar-refractivity contribution in [2.75, 3.05) is 6.54 Å². The molecule has 0 aliphatic rings. The lowest BCUT2D eigenvalue weighted by Gasteiger charge is -2.07. The summed E-state index contributed by atoms with van der Waals surface area (Å²) in [5, 5.41) is 0. The molecule has 1 aromatic heterocycles. The van der Waals surface area contributed by atoms with Crippen LogP contribution in [0.2, 0.25) is 0 Å². The number of rotatable bonds is 4. The lowest BCUT2D eigenvalue weighted by atomic mass is 10.4. The molecule has 0 bridgehead atoms. The predicted molar refractivity (Wildman–Crippen MR) is 58.5 cm³/mol. The Morgan fingerprint density at radius 2 is 2.20 bits per heavy atom. The van der Waals surface area contributed by atoms with Crippen LogP contribution in [-0.2, 0) is 10.0 Å². The molecule has 1 unspecified atom stereocenters. The molecule has 0 amide bonds. The van der Waals surface area contributed by atoms with Crippen LogP contribution < -0.4 is 15.3 Å². The molecule has 1 heterocycles. The number of nitrogens with two attached hydrogens (primary N) is 1. The molecule has 0 saturated carbocycles. The number of hydrogen-bond acceptors (Lipinski definition) is 5. The summed E-state index contributed by atoms with van der Waals surface area (Å²) in [7, 11) is -3.61. The van der Waals surface area contributed by atoms with E-state index in [0.29, 0.717) is 17.0 Å². The monoisotopic (exact) mass is 251 g/mol. The first kappa shape index (κ1) is 12.4. The summed E-state index contributed by atoms with van der Waals surface area (Å²) in [6.07, 6.45) is 0. The summed E-state index contributed by atoms with van der Waals surface area (Å²) in [4.78, 5) is 13.0. The fourth-order valence-electron chi connectivity index (χ4n) is 0.953. The fraction of sp³-hybridized carbons (Fsp3) is 0.571. The maximum atomic E-state index is 11.7. The van der Waals surface area contributed by atoms with E-state index in [2.05, 4.69) is 9.71 Å². The summed E-state index contributed by atoms with van der Waals surface area (Å²) in [5.74, 6) is 0. The zero-order valence-corrected chi connectivity index (χ0v) is 10.0. The van der Waals surface area contributed by atoms with Crippen molar-refractivity contribution in [3.63, 3.8) is 0 Å². The van der Waals surface area contributed by atoms with Gasteiger partial charge in [0.05, 0.1) is 0 Å². The summed E-state index contributed by atoms with van der Waals surface area (Å²) in [5.41, 5.74) is 5.78. The molecule has 0 aliphatic carbocycles. The van der Waals surface area contributed by atoms with E-state index < -0.39 is 10.0 Å². The highest BCUT2D eigenvalue weighted by atomic mass is 32.2. The van der Waals surface area contributed by atoms with Crippen molar-refractivity contribution < 1.29 is 8.42 Å². The average molecular weight is 251 g/mol. The van der Waals surface area contributed by atoms with Gasteiger partial charge < -0.3 is 10.7 Å². The fourth-order valence-corrected chi connectivity index (χ4v) is 3.44. The van der Waals surface area contributed by atoms with Crippen LogP contribution in [0, 0.1) is 6.92 Å². The SMILES string of the molecule is Cc1[nH]c(=O)sc1S(=O)(=O)NCC(C)N. The minimum atomic E-state index is -3.61. The normalized spacial score (nSPS) is 14.1. The Hall–Kier alpha value is -0.700. The molecule has 0 spiro atoms. The zero-order chi connectivity index (χ0) is 11.6. The molecule has 4 N–H and O–H groups in total. The van der Waals surface area contributed by atoms with Crippen LogP contribution in [0.25, 0.3) is 0 Å². The molecule has 8 heteroatoms. The Morgan fingerprint density at radius 1 is 1.60 bits per heavy atom. The number of H-pyrrole nitrogens is 1. The van der Waals surface area contributed by atoms with Gasteiger partial charge in [-0.3, -0.25) is 4.79 Å². The maximum absolute atomic E-state index is 11.7. The van der Waals surface area contributed by atoms with Crippen molar-refractivity contribution in [1.29, 1.82) is 0 Å². The van der Waals surface area contributed by atoms with Crippen molar-refractivity contribution >= 4 is 21.4 Å². The van der Waals surface area contributed by atoms with Crippen LogP contribution in [0.3, 0.4) is 0 Å². The van der Waals surface area contributed by atoms with Gasteiger partial charge in [0.25, 0.3) is 10.0 Å². The number of thiazole rings is 1. The van der Waals surface area contributed by atoms with E-state index in [-0.39, 0.29) is 21.7 Å². The second kappa shape index (κ2) is 4.44. The Kier molecular flexibility index (Phi) is 3.66. The molecule has 15 heavy (non-hydrogen) atoms. The van der Waals surface area contributed by atoms with Gasteiger partial charge in [0.2, 0.25) is 0 Å². The minimum Gasteiger partial charge on any atom is -0.327 e. The van der Waals surface area contributed by atoms with Gasteiger partial charge in [-0.1, -0.05) is 11.3 Å². The molecule has 1 aromatic rings. The van der Waals surface area contributed by atoms with Gasteiger partial charge in [-0.15, -0.1) is 0 Å². The largest absolute Gasteiger partial charge is 0.327 e. The van der Waals surface area contributed by atoms with E-state index in [1.807, 2.05) is 0 Å². The van der Waals surface area contributed by atoms with Gasteiger partial charge in [0.15, 0.2) is 4.21 Å². The standard InChI is InChI=1S/C7H13N3O3S2/c1-4(8)3-9-15(12,13)6-5(2)10-7(11)14-6/h4,9H,3,8H2,1-2H3,(H,10,11). The van der Waals surface area contributed by atoms with E-state index in [9.17, 15) is 13.2 Å². The first-order valence-electron chi connectivity index (χ1n) is 4.28. The number of aromatic nitrogens is 1. The van der Waals surface area contributed by atoms with E-state index in [1.54, 1.807) is 13.8 Å². The average Bonchev–Trinajstić information content (AvgIpc) is 2.43. The van der Waals surface area contributed by atoms with Crippen LogP contribution >= 0.6 is 11.3 Å². The second-order valence-corrected chi connectivity index (χ2v) is 6.20. The molecular weight excluding hydrogens is 238 g/mol. The summed E-state index contributed by atoms with van der Waals surface area (Å²) in [6.45, 7) is 3.38. The molecule has 6 nitrogen and oxygen atoms in total. The van der Waals surface area contributed by atoms with Gasteiger partial charge >= 0.3 is 4.87 Å². The lowest BCUT2D eigenvalue weighted by molar-refractivity contribution is 0.575. The summed E-state index contributed by atoms with van der Waals surface area (Å²) >= 11 is 0.671. The molecule has 0 aliphatic heterocycles. The molecule has 1 atom stereocenters. The van der Waals surface area contributed by atoms with Gasteiger partial charge in [0, 0.05) is 18.3 Å². The van der Waals surface area contributed by atoms with Crippen LogP contribution in [0.1, 0.15) is 12.6 Å². The van der Waals surface area contributed by atoms with E-state index in [1.165, 1.54) is 0 Å². The van der Waals surface area contributed by atoms with Crippen molar-refractivity contribution in [2.24, 2.45) is 5.73 Å². The number of aryl methyl sites for hydroxylation is 1. The summed E-state index contributed by atoms with van der Waals surface area (Å²) < 4.78 is 25.7. The van der Waals surface area contributed by atoms with Gasteiger partial charge in [-0.25, -0.2) is 13.1 Å². The van der Waals surface area contributed by atoms with Crippen LogP contribution in [0.4, 0.5) is 0 Å². The number of aromatic amines is 1. The van der Waals surface area contributed by atoms with Crippen molar-refractivity contribution in [3.8, 4) is 0 Å². The van der Waals surface area contributed by atoms with Gasteiger partial charge in [-0.2, -0.15) is 0 Å². The Labute approximate surface area is 91.6 Å². The van der Waals surface area contributed by atoms with Crippen molar-refractivity contribution in [3.05, 3.63) is 15.4 Å². The van der Waals surface area contributed by atoms with Crippen molar-refractivity contribution in [1.82, 2.24) is 9.71 Å². The topological polar surface area (TPSA) is 105 Å². The minimum absolute atomic E-state index is 0.0214. The molecular formula is C7H13N3O3S2. The van der Waals surface area contributed by atoms with Crippen LogP contribution in [0.5, 0.6) is 0 Å². The zero-order valence-electron chi connectivity index (χ0n) is 8.40. The van der Waals surface area contributed by atoms with E-state index in [4.69, 9.17) is 5.73 Å². The van der Waals surface area contributed by atoms with E-state index in [0.717, 1.165) is 0 Å². The Balaban J connectivity index is 2.96. The molecule has 0 saturated heterocycles. The molecule has 1 rings (SSSR count). The Bertz CT molecular complexity index is 486. The smallest absolute Gasteiger partial charge is 0.305 e. The third kappa shape index (κ3) is 3.13. The highest BCUT2D eigenvalue weighted by Crippen LogP contribution is 2.14. The third-order valence-electron chi connectivity index (χ3n) is 1.62. The molecule has 0 aromatic carbocycles. The third-order valence-corrected chi connectivity index (χ3v) is 4.65. The maximum Gasteiger partial charge on any atom is 0.305 e. The van der Waals surface area contributed by atoms with Gasteiger partial charge in [-0.05, 0) is 13.8 Å². The first-order valence-corrected chi connectivity index (χ1v) is 6.58. The van der Waals surface area contributed by atoms with Crippen LogP contribution in [-0.4, -0.2) is 26.0 Å². The number of nitrogens with one attached hydrogen (secondary N) is 2. The number of sulfonamides is 1. The quantitative estimate of drug-likeness (QED) is 0.662. The number of hydrogen-bond donors (Lipinski definition) is 3. The highest BCUT2D eigenvalue weighted by Gasteiger charge is 2.20. The molecule has 0 radical (unpaired) electrons.